The van der Waals surface area contributed by atoms with E-state index in [1.807, 2.05) is 30.3 Å². The molecule has 0 saturated heterocycles. The van der Waals surface area contributed by atoms with Crippen molar-refractivity contribution in [2.45, 2.75) is 19.6 Å². The van der Waals surface area contributed by atoms with Gasteiger partial charge in [-0.25, -0.2) is 9.97 Å². The molecule has 148 valence electrons. The fourth-order valence-electron chi connectivity index (χ4n) is 3.03. The van der Waals surface area contributed by atoms with E-state index in [-0.39, 0.29) is 0 Å². The molecule has 8 heteroatoms. The van der Waals surface area contributed by atoms with Crippen LogP contribution in [0.15, 0.2) is 54.6 Å². The van der Waals surface area contributed by atoms with Crippen LogP contribution in [0.25, 0.3) is 22.4 Å². The van der Waals surface area contributed by atoms with E-state index in [0.29, 0.717) is 28.6 Å². The number of pyridine rings is 1. The Kier molecular flexibility index (Phi) is 4.92. The monoisotopic (exact) mass is 416 g/mol. The molecule has 0 bridgehead atoms. The second-order valence-electron chi connectivity index (χ2n) is 6.59. The van der Waals surface area contributed by atoms with Crippen molar-refractivity contribution in [2.75, 3.05) is 5.32 Å². The van der Waals surface area contributed by atoms with Crippen LogP contribution in [-0.2, 0) is 12.7 Å². The van der Waals surface area contributed by atoms with Gasteiger partial charge in [-0.1, -0.05) is 29.8 Å². The van der Waals surface area contributed by atoms with Gasteiger partial charge in [-0.3, -0.25) is 0 Å². The second-order valence-corrected chi connectivity index (χ2v) is 7.00. The van der Waals surface area contributed by atoms with Crippen LogP contribution in [0.1, 0.15) is 17.0 Å². The van der Waals surface area contributed by atoms with E-state index in [0.717, 1.165) is 28.4 Å². The maximum atomic E-state index is 12.8. The van der Waals surface area contributed by atoms with Gasteiger partial charge in [-0.2, -0.15) is 13.2 Å². The first-order valence-electron chi connectivity index (χ1n) is 8.83. The van der Waals surface area contributed by atoms with Gasteiger partial charge in [0.25, 0.3) is 0 Å². The van der Waals surface area contributed by atoms with Crippen LogP contribution in [0.5, 0.6) is 0 Å². The lowest BCUT2D eigenvalue weighted by molar-refractivity contribution is -0.141. The Balaban J connectivity index is 1.57. The van der Waals surface area contributed by atoms with Gasteiger partial charge in [-0.05, 0) is 48.9 Å². The van der Waals surface area contributed by atoms with E-state index in [1.165, 1.54) is 6.07 Å². The Bertz CT molecular complexity index is 1150. The van der Waals surface area contributed by atoms with Gasteiger partial charge >= 0.3 is 6.18 Å². The molecule has 2 heterocycles. The third kappa shape index (κ3) is 4.05. The van der Waals surface area contributed by atoms with Crippen molar-refractivity contribution in [1.82, 2.24) is 15.0 Å². The van der Waals surface area contributed by atoms with E-state index in [2.05, 4.69) is 20.3 Å². The van der Waals surface area contributed by atoms with Crippen molar-refractivity contribution in [3.63, 3.8) is 0 Å². The van der Waals surface area contributed by atoms with Crippen LogP contribution in [0.4, 0.5) is 18.9 Å². The van der Waals surface area contributed by atoms with Gasteiger partial charge in [0.15, 0.2) is 0 Å². The summed E-state index contributed by atoms with van der Waals surface area (Å²) in [4.78, 5) is 11.5. The number of aromatic amines is 1. The number of nitrogens with one attached hydrogen (secondary N) is 2. The van der Waals surface area contributed by atoms with Crippen molar-refractivity contribution in [3.05, 3.63) is 76.6 Å². The Morgan fingerprint density at radius 1 is 1.03 bits per heavy atom. The molecule has 0 spiro atoms. The van der Waals surface area contributed by atoms with Gasteiger partial charge in [0, 0.05) is 23.5 Å². The molecule has 0 saturated carbocycles. The maximum absolute atomic E-state index is 12.8. The van der Waals surface area contributed by atoms with Gasteiger partial charge < -0.3 is 10.3 Å². The number of hydrogen-bond donors (Lipinski definition) is 2. The first kappa shape index (κ1) is 19.3. The molecule has 0 amide bonds. The predicted molar refractivity (Wildman–Crippen MR) is 108 cm³/mol. The van der Waals surface area contributed by atoms with Gasteiger partial charge in [0.1, 0.15) is 11.5 Å². The number of aryl methyl sites for hydroxylation is 1. The van der Waals surface area contributed by atoms with Gasteiger partial charge in [-0.15, -0.1) is 0 Å². The molecule has 0 radical (unpaired) electrons. The van der Waals surface area contributed by atoms with Crippen molar-refractivity contribution < 1.29 is 13.2 Å². The zero-order valence-corrected chi connectivity index (χ0v) is 16.1. The fraction of sp³-hybridized carbons (Fsp3) is 0.143. The normalized spacial score (nSPS) is 11.8. The summed E-state index contributed by atoms with van der Waals surface area (Å²) in [5.41, 5.74) is 3.36. The number of anilines is 1. The quantitative estimate of drug-likeness (QED) is 0.415. The lowest BCUT2D eigenvalue weighted by Gasteiger charge is -2.12. The maximum Gasteiger partial charge on any atom is 0.433 e. The lowest BCUT2D eigenvalue weighted by atomic mass is 10.1. The number of rotatable bonds is 4. The van der Waals surface area contributed by atoms with Crippen LogP contribution >= 0.6 is 11.6 Å². The largest absolute Gasteiger partial charge is 0.433 e. The SMILES string of the molecule is Cc1nc(C(F)(F)F)ccc1CNc1ccc(Cl)c(-c2nc3ccccc3[nH]2)c1. The summed E-state index contributed by atoms with van der Waals surface area (Å²) in [7, 11) is 0. The highest BCUT2D eigenvalue weighted by atomic mass is 35.5. The Morgan fingerprint density at radius 2 is 1.83 bits per heavy atom. The minimum Gasteiger partial charge on any atom is -0.381 e. The summed E-state index contributed by atoms with van der Waals surface area (Å²) in [6, 6.07) is 15.5. The third-order valence-corrected chi connectivity index (χ3v) is 4.91. The Hall–Kier alpha value is -3.06. The first-order valence-corrected chi connectivity index (χ1v) is 9.21. The number of aromatic nitrogens is 3. The second kappa shape index (κ2) is 7.40. The third-order valence-electron chi connectivity index (χ3n) is 4.58. The average Bonchev–Trinajstić information content (AvgIpc) is 3.11. The number of imidazole rings is 1. The molecule has 29 heavy (non-hydrogen) atoms. The number of benzene rings is 2. The van der Waals surface area contributed by atoms with Crippen LogP contribution in [0.2, 0.25) is 5.02 Å². The van der Waals surface area contributed by atoms with Crippen LogP contribution in [-0.4, -0.2) is 15.0 Å². The summed E-state index contributed by atoms with van der Waals surface area (Å²) in [6.07, 6.45) is -4.45. The number of halogens is 4. The average molecular weight is 417 g/mol. The summed E-state index contributed by atoms with van der Waals surface area (Å²) in [5, 5.41) is 3.75. The number of hydrogen-bond acceptors (Lipinski definition) is 3. The molecule has 0 aliphatic heterocycles. The van der Waals surface area contributed by atoms with Crippen molar-refractivity contribution in [3.8, 4) is 11.4 Å². The first-order chi connectivity index (χ1) is 13.8. The molecule has 4 nitrogen and oxygen atoms in total. The molecule has 2 N–H and O–H groups in total. The van der Waals surface area contributed by atoms with E-state index >= 15 is 0 Å². The van der Waals surface area contributed by atoms with E-state index in [1.54, 1.807) is 19.1 Å². The summed E-state index contributed by atoms with van der Waals surface area (Å²) < 4.78 is 38.3. The highest BCUT2D eigenvalue weighted by Crippen LogP contribution is 2.31. The highest BCUT2D eigenvalue weighted by Gasteiger charge is 2.32. The Morgan fingerprint density at radius 3 is 2.55 bits per heavy atom. The van der Waals surface area contributed by atoms with Crippen LogP contribution in [0, 0.1) is 6.92 Å². The van der Waals surface area contributed by atoms with Crippen LogP contribution < -0.4 is 5.32 Å². The molecular weight excluding hydrogens is 401 g/mol. The molecule has 0 unspecified atom stereocenters. The van der Waals surface area contributed by atoms with Gasteiger partial charge in [0.2, 0.25) is 0 Å². The number of H-pyrrole nitrogens is 1. The lowest BCUT2D eigenvalue weighted by Crippen LogP contribution is -2.11. The van der Waals surface area contributed by atoms with E-state index in [9.17, 15) is 13.2 Å². The summed E-state index contributed by atoms with van der Waals surface area (Å²) >= 11 is 6.36. The number of fused-ring (bicyclic) bond motifs is 1. The smallest absolute Gasteiger partial charge is 0.381 e. The molecule has 2 aromatic carbocycles. The predicted octanol–water partition coefficient (Wildman–Crippen LogP) is 6.22. The fourth-order valence-corrected chi connectivity index (χ4v) is 3.24. The summed E-state index contributed by atoms with van der Waals surface area (Å²) in [5.74, 6) is 0.646. The van der Waals surface area contributed by atoms with Crippen molar-refractivity contribution >= 4 is 28.3 Å². The summed E-state index contributed by atoms with van der Waals surface area (Å²) in [6.45, 7) is 1.89. The molecule has 0 aliphatic rings. The van der Waals surface area contributed by atoms with E-state index < -0.39 is 11.9 Å². The van der Waals surface area contributed by atoms with Gasteiger partial charge in [0.05, 0.1) is 16.1 Å². The van der Waals surface area contributed by atoms with E-state index in [4.69, 9.17) is 11.6 Å². The molecule has 0 atom stereocenters. The molecule has 0 aliphatic carbocycles. The topological polar surface area (TPSA) is 53.6 Å². The minimum absolute atomic E-state index is 0.332. The molecule has 2 aromatic heterocycles. The van der Waals surface area contributed by atoms with Crippen molar-refractivity contribution in [1.29, 1.82) is 0 Å². The number of nitrogens with zero attached hydrogens (tertiary/aromatic N) is 2. The number of para-hydroxylation sites is 2. The van der Waals surface area contributed by atoms with Crippen molar-refractivity contribution in [2.24, 2.45) is 0 Å². The molecule has 4 rings (SSSR count). The molecule has 0 fully saturated rings. The minimum atomic E-state index is -4.45. The Labute approximate surface area is 169 Å². The zero-order valence-electron chi connectivity index (χ0n) is 15.3. The number of alkyl halides is 3. The standard InChI is InChI=1S/C21H16ClF3N4/c1-12-13(6-9-19(27-12)21(23,24)25)11-26-14-7-8-16(22)15(10-14)20-28-17-4-2-3-5-18(17)29-20/h2-10,26H,11H2,1H3,(H,28,29). The molecular formula is C21H16ClF3N4. The zero-order chi connectivity index (χ0) is 20.6. The molecule has 4 aromatic rings. The highest BCUT2D eigenvalue weighted by molar-refractivity contribution is 6.33. The van der Waals surface area contributed by atoms with Crippen LogP contribution in [0.3, 0.4) is 0 Å².